The molecule has 4 rings (SSSR count). The number of aromatic nitrogens is 3. The molecule has 174 valence electrons. The topological polar surface area (TPSA) is 85.8 Å². The number of alkyl halides is 3. The van der Waals surface area contributed by atoms with Gasteiger partial charge < -0.3 is 11.1 Å². The number of nitrogen functional groups attached to an aromatic ring is 1. The normalized spacial score (nSPS) is 11.4. The summed E-state index contributed by atoms with van der Waals surface area (Å²) in [6.45, 7) is 0.327. The number of nitrogens with zero attached hydrogens (tertiary/aromatic N) is 3. The Morgan fingerprint density at radius 1 is 0.971 bits per heavy atom. The number of nitrogens with one attached hydrogen (secondary N) is 1. The fourth-order valence-corrected chi connectivity index (χ4v) is 3.29. The number of anilines is 2. The van der Waals surface area contributed by atoms with Gasteiger partial charge in [0.2, 0.25) is 0 Å². The lowest BCUT2D eigenvalue weighted by atomic mass is 10.0. The molecule has 6 nitrogen and oxygen atoms in total. The summed E-state index contributed by atoms with van der Waals surface area (Å²) in [7, 11) is 0. The number of hydrogen-bond acceptors (Lipinski definition) is 4. The Balaban J connectivity index is 1.40. The van der Waals surface area contributed by atoms with Gasteiger partial charge in [-0.15, -0.1) is 5.10 Å². The van der Waals surface area contributed by atoms with Crippen LogP contribution < -0.4 is 11.1 Å². The Morgan fingerprint density at radius 3 is 2.32 bits per heavy atom. The van der Waals surface area contributed by atoms with Crippen LogP contribution in [0, 0.1) is 5.82 Å². The number of hydrogen-bond donors (Lipinski definition) is 2. The average Bonchev–Trinajstić information content (AvgIpc) is 3.29. The third-order valence-electron chi connectivity index (χ3n) is 5.16. The smallest absolute Gasteiger partial charge is 0.397 e. The molecule has 0 aliphatic carbocycles. The van der Waals surface area contributed by atoms with Crippen molar-refractivity contribution in [3.8, 4) is 11.1 Å². The van der Waals surface area contributed by atoms with Crippen molar-refractivity contribution in [2.45, 2.75) is 19.1 Å². The Morgan fingerprint density at radius 2 is 1.65 bits per heavy atom. The summed E-state index contributed by atoms with van der Waals surface area (Å²) in [5.74, 6) is -0.877. The summed E-state index contributed by atoms with van der Waals surface area (Å²) in [6.07, 6.45) is -2.52. The monoisotopic (exact) mass is 469 g/mol. The number of amides is 1. The Bertz CT molecular complexity index is 1300. The minimum atomic E-state index is -4.38. The van der Waals surface area contributed by atoms with Crippen LogP contribution in [0.4, 0.5) is 28.9 Å². The number of halogens is 4. The molecule has 0 aliphatic heterocycles. The molecule has 0 atom stereocenters. The molecule has 34 heavy (non-hydrogen) atoms. The second-order valence-electron chi connectivity index (χ2n) is 7.57. The maximum atomic E-state index is 13.2. The first-order valence-corrected chi connectivity index (χ1v) is 10.2. The number of carbonyl (C=O) groups is 1. The van der Waals surface area contributed by atoms with Gasteiger partial charge in [0, 0.05) is 6.54 Å². The van der Waals surface area contributed by atoms with E-state index in [2.05, 4.69) is 15.6 Å². The Labute approximate surface area is 192 Å². The van der Waals surface area contributed by atoms with Gasteiger partial charge in [-0.2, -0.15) is 13.2 Å². The zero-order valence-corrected chi connectivity index (χ0v) is 17.7. The van der Waals surface area contributed by atoms with Gasteiger partial charge in [0.05, 0.1) is 23.1 Å². The quantitative estimate of drug-likeness (QED) is 0.301. The van der Waals surface area contributed by atoms with E-state index in [1.165, 1.54) is 35.1 Å². The van der Waals surface area contributed by atoms with Gasteiger partial charge in [0.15, 0.2) is 5.69 Å². The third kappa shape index (κ3) is 5.40. The van der Waals surface area contributed by atoms with E-state index in [0.29, 0.717) is 29.9 Å². The second-order valence-corrected chi connectivity index (χ2v) is 7.57. The number of carbonyl (C=O) groups excluding carboxylic acids is 1. The molecule has 10 heteroatoms. The molecular formula is C24H19F4N5O. The minimum Gasteiger partial charge on any atom is -0.397 e. The molecular weight excluding hydrogens is 450 g/mol. The van der Waals surface area contributed by atoms with Crippen molar-refractivity contribution in [1.29, 1.82) is 0 Å². The van der Waals surface area contributed by atoms with Crippen LogP contribution in [0.5, 0.6) is 0 Å². The zero-order valence-electron chi connectivity index (χ0n) is 17.7. The standard InChI is InChI=1S/C24H19F4N5O/c25-19-8-3-16(4-9-19)17-5-10-20(29)21(13-17)30-23(34)22-14-33(32-31-22)12-11-15-1-6-18(7-2-15)24(26,27)28/h1-10,13-14H,11-12,29H2,(H,30,34). The fraction of sp³-hybridized carbons (Fsp3) is 0.125. The molecule has 1 heterocycles. The molecule has 1 aromatic heterocycles. The van der Waals surface area contributed by atoms with E-state index in [9.17, 15) is 22.4 Å². The van der Waals surface area contributed by atoms with Gasteiger partial charge in [0.1, 0.15) is 5.82 Å². The van der Waals surface area contributed by atoms with Crippen molar-refractivity contribution in [2.75, 3.05) is 11.1 Å². The highest BCUT2D eigenvalue weighted by molar-refractivity contribution is 6.04. The minimum absolute atomic E-state index is 0.0546. The summed E-state index contributed by atoms with van der Waals surface area (Å²) in [6, 6.07) is 15.9. The van der Waals surface area contributed by atoms with E-state index < -0.39 is 17.6 Å². The first-order valence-electron chi connectivity index (χ1n) is 10.2. The lowest BCUT2D eigenvalue weighted by molar-refractivity contribution is -0.137. The van der Waals surface area contributed by atoms with Crippen LogP contribution in [0.15, 0.2) is 72.9 Å². The van der Waals surface area contributed by atoms with Crippen LogP contribution in [0.3, 0.4) is 0 Å². The lowest BCUT2D eigenvalue weighted by Gasteiger charge is -2.10. The SMILES string of the molecule is Nc1ccc(-c2ccc(F)cc2)cc1NC(=O)c1cn(CCc2ccc(C(F)(F)F)cc2)nn1. The van der Waals surface area contributed by atoms with E-state index in [-0.39, 0.29) is 11.5 Å². The Kier molecular flexibility index (Phi) is 6.31. The molecule has 0 fully saturated rings. The van der Waals surface area contributed by atoms with Crippen LogP contribution in [-0.2, 0) is 19.1 Å². The van der Waals surface area contributed by atoms with Gasteiger partial charge in [-0.25, -0.2) is 4.39 Å². The zero-order chi connectivity index (χ0) is 24.3. The van der Waals surface area contributed by atoms with Crippen LogP contribution in [0.2, 0.25) is 0 Å². The van der Waals surface area contributed by atoms with E-state index >= 15 is 0 Å². The van der Waals surface area contributed by atoms with Crippen molar-refractivity contribution in [3.63, 3.8) is 0 Å². The van der Waals surface area contributed by atoms with Crippen molar-refractivity contribution in [2.24, 2.45) is 0 Å². The summed E-state index contributed by atoms with van der Waals surface area (Å²) in [4.78, 5) is 12.6. The predicted octanol–water partition coefficient (Wildman–Crippen LogP) is 5.18. The van der Waals surface area contributed by atoms with Gasteiger partial charge in [-0.05, 0) is 59.5 Å². The third-order valence-corrected chi connectivity index (χ3v) is 5.16. The van der Waals surface area contributed by atoms with Crippen molar-refractivity contribution < 1.29 is 22.4 Å². The highest BCUT2D eigenvalue weighted by atomic mass is 19.4. The molecule has 0 bridgehead atoms. The first-order chi connectivity index (χ1) is 16.2. The van der Waals surface area contributed by atoms with E-state index in [4.69, 9.17) is 5.73 Å². The van der Waals surface area contributed by atoms with Crippen molar-refractivity contribution in [3.05, 3.63) is 95.6 Å². The molecule has 0 spiro atoms. The van der Waals surface area contributed by atoms with Crippen LogP contribution >= 0.6 is 0 Å². The van der Waals surface area contributed by atoms with Crippen LogP contribution in [0.25, 0.3) is 11.1 Å². The molecule has 0 aliphatic rings. The molecule has 0 saturated carbocycles. The second kappa shape index (κ2) is 9.34. The highest BCUT2D eigenvalue weighted by Gasteiger charge is 2.29. The van der Waals surface area contributed by atoms with Gasteiger partial charge in [0.25, 0.3) is 5.91 Å². The molecule has 3 N–H and O–H groups in total. The number of aryl methyl sites for hydroxylation is 2. The molecule has 0 radical (unpaired) electrons. The van der Waals surface area contributed by atoms with E-state index in [1.807, 2.05) is 0 Å². The average molecular weight is 469 g/mol. The number of nitrogens with two attached hydrogens (primary N) is 1. The van der Waals surface area contributed by atoms with E-state index in [1.54, 1.807) is 30.3 Å². The number of benzene rings is 3. The fourth-order valence-electron chi connectivity index (χ4n) is 3.29. The predicted molar refractivity (Wildman–Crippen MR) is 119 cm³/mol. The number of rotatable bonds is 6. The summed E-state index contributed by atoms with van der Waals surface area (Å²) in [5.41, 5.74) is 8.23. The van der Waals surface area contributed by atoms with Crippen molar-refractivity contribution >= 4 is 17.3 Å². The van der Waals surface area contributed by atoms with E-state index in [0.717, 1.165) is 23.3 Å². The highest BCUT2D eigenvalue weighted by Crippen LogP contribution is 2.29. The van der Waals surface area contributed by atoms with Gasteiger partial charge >= 0.3 is 6.18 Å². The maximum Gasteiger partial charge on any atom is 0.416 e. The molecule has 3 aromatic carbocycles. The molecule has 4 aromatic rings. The van der Waals surface area contributed by atoms with Crippen LogP contribution in [-0.4, -0.2) is 20.9 Å². The largest absolute Gasteiger partial charge is 0.416 e. The molecule has 0 unspecified atom stereocenters. The molecule has 0 saturated heterocycles. The van der Waals surface area contributed by atoms with Crippen LogP contribution in [0.1, 0.15) is 21.6 Å². The maximum absolute atomic E-state index is 13.2. The summed E-state index contributed by atoms with van der Waals surface area (Å²) >= 11 is 0. The lowest BCUT2D eigenvalue weighted by Crippen LogP contribution is -2.14. The summed E-state index contributed by atoms with van der Waals surface area (Å²) < 4.78 is 52.6. The Hall–Kier alpha value is -4.21. The van der Waals surface area contributed by atoms with Gasteiger partial charge in [-0.3, -0.25) is 9.48 Å². The first kappa shape index (κ1) is 23.0. The van der Waals surface area contributed by atoms with Gasteiger partial charge in [-0.1, -0.05) is 35.5 Å². The van der Waals surface area contributed by atoms with Crippen molar-refractivity contribution in [1.82, 2.24) is 15.0 Å². The molecule has 1 amide bonds. The summed E-state index contributed by atoms with van der Waals surface area (Å²) in [5, 5.41) is 10.5.